The lowest BCUT2D eigenvalue weighted by Gasteiger charge is -2.12. The van der Waals surface area contributed by atoms with Gasteiger partial charge >= 0.3 is 0 Å². The Hall–Kier alpha value is -4.77. The van der Waals surface area contributed by atoms with Gasteiger partial charge in [0.1, 0.15) is 0 Å². The lowest BCUT2D eigenvalue weighted by molar-refractivity contribution is 1.23. The summed E-state index contributed by atoms with van der Waals surface area (Å²) >= 11 is 0. The maximum atomic E-state index is 5.12. The van der Waals surface area contributed by atoms with Crippen LogP contribution in [0.1, 0.15) is 0 Å². The molecule has 5 heteroatoms. The summed E-state index contributed by atoms with van der Waals surface area (Å²) < 4.78 is 0. The van der Waals surface area contributed by atoms with Crippen LogP contribution in [0.4, 0.5) is 0 Å². The molecule has 158 valence electrons. The van der Waals surface area contributed by atoms with Crippen LogP contribution in [0.3, 0.4) is 0 Å². The summed E-state index contributed by atoms with van der Waals surface area (Å²) in [6.45, 7) is 0. The highest BCUT2D eigenvalue weighted by Gasteiger charge is 2.16. The second-order valence-corrected chi connectivity index (χ2v) is 8.19. The number of aromatic nitrogens is 5. The topological polar surface area (TPSA) is 64.5 Å². The normalized spacial score (nSPS) is 11.5. The number of nitrogens with zero attached hydrogens (tertiary/aromatic N) is 5. The Labute approximate surface area is 194 Å². The van der Waals surface area contributed by atoms with Gasteiger partial charge in [0, 0.05) is 51.3 Å². The van der Waals surface area contributed by atoms with E-state index in [1.54, 1.807) is 0 Å². The first-order chi connectivity index (χ1) is 16.9. The number of hydrogen-bond donors (Lipinski definition) is 0. The Morgan fingerprint density at radius 1 is 0.441 bits per heavy atom. The highest BCUT2D eigenvalue weighted by atomic mass is 14.9. The number of rotatable bonds is 2. The van der Waals surface area contributed by atoms with E-state index < -0.39 is 0 Å². The van der Waals surface area contributed by atoms with E-state index in [9.17, 15) is 0 Å². The first kappa shape index (κ1) is 18.8. The van der Waals surface area contributed by atoms with Gasteiger partial charge in [0.15, 0.2) is 5.82 Å². The molecule has 0 saturated heterocycles. The van der Waals surface area contributed by atoms with Crippen LogP contribution in [-0.4, -0.2) is 24.9 Å². The molecule has 5 nitrogen and oxygen atoms in total. The molecular formula is C29H17N5. The minimum Gasteiger partial charge on any atom is -0.255 e. The quantitative estimate of drug-likeness (QED) is 0.286. The molecule has 0 fully saturated rings. The lowest BCUT2D eigenvalue weighted by Crippen LogP contribution is -1.97. The van der Waals surface area contributed by atoms with Crippen molar-refractivity contribution in [1.82, 2.24) is 24.9 Å². The fourth-order valence-corrected chi connectivity index (χ4v) is 4.65. The average Bonchev–Trinajstić information content (AvgIpc) is 2.91. The van der Waals surface area contributed by atoms with Crippen LogP contribution in [-0.2, 0) is 0 Å². The molecule has 3 aromatic carbocycles. The van der Waals surface area contributed by atoms with Crippen LogP contribution < -0.4 is 0 Å². The van der Waals surface area contributed by atoms with Gasteiger partial charge in [-0.1, -0.05) is 54.6 Å². The van der Waals surface area contributed by atoms with Gasteiger partial charge in [-0.25, -0.2) is 9.97 Å². The number of hydrogen-bond acceptors (Lipinski definition) is 5. The van der Waals surface area contributed by atoms with Crippen LogP contribution in [0.25, 0.3) is 66.3 Å². The van der Waals surface area contributed by atoms with Gasteiger partial charge < -0.3 is 0 Å². The monoisotopic (exact) mass is 435 g/mol. The third kappa shape index (κ3) is 2.84. The van der Waals surface area contributed by atoms with E-state index in [4.69, 9.17) is 9.97 Å². The molecule has 0 N–H and O–H groups in total. The fraction of sp³-hybridized carbons (Fsp3) is 0. The van der Waals surface area contributed by atoms with Gasteiger partial charge in [-0.3, -0.25) is 15.0 Å². The summed E-state index contributed by atoms with van der Waals surface area (Å²) in [6, 6.07) is 28.5. The highest BCUT2D eigenvalue weighted by molar-refractivity contribution is 6.10. The van der Waals surface area contributed by atoms with Gasteiger partial charge in [0.2, 0.25) is 0 Å². The molecule has 0 aliphatic rings. The molecule has 7 rings (SSSR count). The van der Waals surface area contributed by atoms with Crippen molar-refractivity contribution in [1.29, 1.82) is 0 Å². The van der Waals surface area contributed by atoms with Crippen molar-refractivity contribution in [3.63, 3.8) is 0 Å². The minimum absolute atomic E-state index is 0.655. The van der Waals surface area contributed by atoms with Gasteiger partial charge in [0.05, 0.1) is 27.8 Å². The molecule has 0 amide bonds. The highest BCUT2D eigenvalue weighted by Crippen LogP contribution is 2.35. The van der Waals surface area contributed by atoms with Gasteiger partial charge in [0.25, 0.3) is 0 Å². The Kier molecular flexibility index (Phi) is 4.08. The van der Waals surface area contributed by atoms with Crippen molar-refractivity contribution in [2.75, 3.05) is 0 Å². The van der Waals surface area contributed by atoms with Crippen LogP contribution in [0.15, 0.2) is 104 Å². The van der Waals surface area contributed by atoms with Crippen molar-refractivity contribution >= 4 is 43.6 Å². The van der Waals surface area contributed by atoms with Gasteiger partial charge in [-0.2, -0.15) is 0 Å². The zero-order valence-corrected chi connectivity index (χ0v) is 18.1. The SMILES string of the molecule is c1cnc2c(-c3nc(-c4ccnc5c4ccc4cccnc45)c4ccccc4n3)cccc2c1. The third-order valence-electron chi connectivity index (χ3n) is 6.21. The van der Waals surface area contributed by atoms with Gasteiger partial charge in [-0.05, 0) is 30.3 Å². The van der Waals surface area contributed by atoms with E-state index in [0.29, 0.717) is 5.82 Å². The molecule has 4 heterocycles. The molecule has 0 spiro atoms. The average molecular weight is 435 g/mol. The van der Waals surface area contributed by atoms with Crippen molar-refractivity contribution in [2.24, 2.45) is 0 Å². The summed E-state index contributed by atoms with van der Waals surface area (Å²) in [4.78, 5) is 24.0. The molecule has 0 radical (unpaired) electrons. The second kappa shape index (κ2) is 7.39. The fourth-order valence-electron chi connectivity index (χ4n) is 4.65. The summed E-state index contributed by atoms with van der Waals surface area (Å²) in [6.07, 6.45) is 5.45. The smallest absolute Gasteiger partial charge is 0.162 e. The Morgan fingerprint density at radius 2 is 1.21 bits per heavy atom. The lowest BCUT2D eigenvalue weighted by atomic mass is 10.00. The van der Waals surface area contributed by atoms with Crippen molar-refractivity contribution < 1.29 is 0 Å². The zero-order chi connectivity index (χ0) is 22.5. The van der Waals surface area contributed by atoms with E-state index in [2.05, 4.69) is 51.4 Å². The van der Waals surface area contributed by atoms with Crippen LogP contribution in [0, 0.1) is 0 Å². The van der Waals surface area contributed by atoms with Crippen molar-refractivity contribution in [3.05, 3.63) is 104 Å². The number of para-hydroxylation sites is 2. The standard InChI is InChI=1S/C29H17N5/c1-2-11-24-22(9-1)27(34-29(33-24)23-10-3-6-18-7-4-15-30-25(18)23)21-14-17-32-28-20(21)13-12-19-8-5-16-31-26(19)28/h1-17H. The second-order valence-electron chi connectivity index (χ2n) is 8.19. The first-order valence-electron chi connectivity index (χ1n) is 11.1. The Balaban J connectivity index is 1.57. The summed E-state index contributed by atoms with van der Waals surface area (Å²) in [7, 11) is 0. The number of benzene rings is 3. The van der Waals surface area contributed by atoms with E-state index in [0.717, 1.165) is 60.4 Å². The molecule has 0 unspecified atom stereocenters. The van der Waals surface area contributed by atoms with E-state index in [1.807, 2.05) is 67.1 Å². The summed E-state index contributed by atoms with van der Waals surface area (Å²) in [5.74, 6) is 0.655. The van der Waals surface area contributed by atoms with E-state index in [1.165, 1.54) is 0 Å². The van der Waals surface area contributed by atoms with Gasteiger partial charge in [-0.15, -0.1) is 0 Å². The molecular weight excluding hydrogens is 418 g/mol. The molecule has 0 bridgehead atoms. The predicted octanol–water partition coefficient (Wildman–Crippen LogP) is 6.61. The largest absolute Gasteiger partial charge is 0.255 e. The van der Waals surface area contributed by atoms with E-state index >= 15 is 0 Å². The molecule has 0 aliphatic heterocycles. The van der Waals surface area contributed by atoms with Crippen LogP contribution in [0.5, 0.6) is 0 Å². The molecule has 0 saturated carbocycles. The number of fused-ring (bicyclic) bond motifs is 5. The minimum atomic E-state index is 0.655. The van der Waals surface area contributed by atoms with Crippen LogP contribution >= 0.6 is 0 Å². The van der Waals surface area contributed by atoms with E-state index in [-0.39, 0.29) is 0 Å². The summed E-state index contributed by atoms with van der Waals surface area (Å²) in [5, 5.41) is 4.13. The molecule has 4 aromatic heterocycles. The molecule has 7 aromatic rings. The Morgan fingerprint density at radius 3 is 2.12 bits per heavy atom. The maximum Gasteiger partial charge on any atom is 0.162 e. The third-order valence-corrected chi connectivity index (χ3v) is 6.21. The summed E-state index contributed by atoms with van der Waals surface area (Å²) in [5.41, 5.74) is 6.32. The maximum absolute atomic E-state index is 5.12. The molecule has 0 atom stereocenters. The van der Waals surface area contributed by atoms with Crippen molar-refractivity contribution in [3.8, 4) is 22.6 Å². The Bertz CT molecular complexity index is 1870. The zero-order valence-electron chi connectivity index (χ0n) is 18.1. The first-order valence-corrected chi connectivity index (χ1v) is 11.1. The molecule has 0 aliphatic carbocycles. The van der Waals surface area contributed by atoms with Crippen molar-refractivity contribution in [2.45, 2.75) is 0 Å². The molecule has 34 heavy (non-hydrogen) atoms. The number of pyridine rings is 3. The van der Waals surface area contributed by atoms with Crippen LogP contribution in [0.2, 0.25) is 0 Å². The predicted molar refractivity (Wildman–Crippen MR) is 136 cm³/mol.